The maximum atomic E-state index is 13.4. The Bertz CT molecular complexity index is 560. The zero-order valence-corrected chi connectivity index (χ0v) is 7.99. The van der Waals surface area contributed by atoms with Crippen molar-refractivity contribution in [2.24, 2.45) is 0 Å². The number of pyridine rings is 1. The van der Waals surface area contributed by atoms with E-state index in [0.29, 0.717) is 11.1 Å². The lowest BCUT2D eigenvalue weighted by Crippen LogP contribution is -1.91. The van der Waals surface area contributed by atoms with Gasteiger partial charge in [0, 0.05) is 5.39 Å². The summed E-state index contributed by atoms with van der Waals surface area (Å²) in [5.74, 6) is 0.0892. The van der Waals surface area contributed by atoms with Gasteiger partial charge in [0.25, 0.3) is 0 Å². The number of benzene rings is 1. The van der Waals surface area contributed by atoms with Crippen molar-refractivity contribution in [2.75, 3.05) is 7.11 Å². The molecule has 0 spiro atoms. The van der Waals surface area contributed by atoms with Crippen LogP contribution in [0, 0.1) is 17.1 Å². The predicted octanol–water partition coefficient (Wildman–Crippen LogP) is 2.25. The second-order valence-corrected chi connectivity index (χ2v) is 2.95. The topological polar surface area (TPSA) is 45.9 Å². The standard InChI is InChI=1S/C11H7FN2O/c1-15-10-5-4-9(12)11-8(10)3-2-7(6-13)14-11/h2-5H,1H3. The quantitative estimate of drug-likeness (QED) is 0.712. The van der Waals surface area contributed by atoms with E-state index in [1.807, 2.05) is 6.07 Å². The summed E-state index contributed by atoms with van der Waals surface area (Å²) >= 11 is 0. The van der Waals surface area contributed by atoms with Crippen molar-refractivity contribution >= 4 is 10.9 Å². The molecule has 2 rings (SSSR count). The van der Waals surface area contributed by atoms with E-state index < -0.39 is 5.82 Å². The highest BCUT2D eigenvalue weighted by Gasteiger charge is 2.08. The third-order valence-corrected chi connectivity index (χ3v) is 2.10. The van der Waals surface area contributed by atoms with E-state index in [9.17, 15) is 4.39 Å². The fourth-order valence-corrected chi connectivity index (χ4v) is 1.40. The fraction of sp³-hybridized carbons (Fsp3) is 0.0909. The maximum absolute atomic E-state index is 13.4. The number of hydrogen-bond acceptors (Lipinski definition) is 3. The Morgan fingerprint density at radius 1 is 1.33 bits per heavy atom. The van der Waals surface area contributed by atoms with E-state index in [-0.39, 0.29) is 11.2 Å². The van der Waals surface area contributed by atoms with Crippen LogP contribution in [0.2, 0.25) is 0 Å². The summed E-state index contributed by atoms with van der Waals surface area (Å²) in [7, 11) is 1.50. The lowest BCUT2D eigenvalue weighted by atomic mass is 10.2. The van der Waals surface area contributed by atoms with Crippen molar-refractivity contribution in [2.45, 2.75) is 0 Å². The Kier molecular flexibility index (Phi) is 2.22. The van der Waals surface area contributed by atoms with Crippen LogP contribution in [0.3, 0.4) is 0 Å². The van der Waals surface area contributed by atoms with Crippen LogP contribution in [0.5, 0.6) is 5.75 Å². The normalized spacial score (nSPS) is 9.93. The van der Waals surface area contributed by atoms with Crippen molar-refractivity contribution in [3.63, 3.8) is 0 Å². The van der Waals surface area contributed by atoms with Crippen molar-refractivity contribution < 1.29 is 9.13 Å². The van der Waals surface area contributed by atoms with Gasteiger partial charge in [0.05, 0.1) is 7.11 Å². The molecule has 0 radical (unpaired) electrons. The summed E-state index contributed by atoms with van der Waals surface area (Å²) in [5.41, 5.74) is 0.350. The summed E-state index contributed by atoms with van der Waals surface area (Å²) in [5, 5.41) is 9.21. The smallest absolute Gasteiger partial charge is 0.149 e. The molecule has 0 aliphatic heterocycles. The average molecular weight is 202 g/mol. The second kappa shape index (κ2) is 3.54. The van der Waals surface area contributed by atoms with Gasteiger partial charge in [-0.15, -0.1) is 0 Å². The van der Waals surface area contributed by atoms with Gasteiger partial charge in [-0.25, -0.2) is 9.37 Å². The molecule has 1 aromatic carbocycles. The van der Waals surface area contributed by atoms with E-state index in [4.69, 9.17) is 10.00 Å². The number of methoxy groups -OCH3 is 1. The van der Waals surface area contributed by atoms with Crippen LogP contribution >= 0.6 is 0 Å². The SMILES string of the molecule is COc1ccc(F)c2nc(C#N)ccc12. The summed E-state index contributed by atoms with van der Waals surface area (Å²) in [4.78, 5) is 3.89. The molecule has 0 amide bonds. The molecule has 0 saturated carbocycles. The van der Waals surface area contributed by atoms with Gasteiger partial charge in [0.1, 0.15) is 28.8 Å². The molecular weight excluding hydrogens is 195 g/mol. The number of ether oxygens (including phenoxy) is 1. The van der Waals surface area contributed by atoms with Crippen LogP contribution in [0.1, 0.15) is 5.69 Å². The molecule has 0 saturated heterocycles. The van der Waals surface area contributed by atoms with Crippen molar-refractivity contribution in [3.05, 3.63) is 35.8 Å². The fourth-order valence-electron chi connectivity index (χ4n) is 1.40. The van der Waals surface area contributed by atoms with Gasteiger partial charge in [-0.05, 0) is 24.3 Å². The summed E-state index contributed by atoms with van der Waals surface area (Å²) < 4.78 is 18.5. The Morgan fingerprint density at radius 3 is 2.80 bits per heavy atom. The first-order chi connectivity index (χ1) is 7.26. The van der Waals surface area contributed by atoms with Crippen LogP contribution in [-0.2, 0) is 0 Å². The molecule has 1 heterocycles. The van der Waals surface area contributed by atoms with E-state index in [0.717, 1.165) is 0 Å². The summed E-state index contributed by atoms with van der Waals surface area (Å²) in [6.07, 6.45) is 0. The largest absolute Gasteiger partial charge is 0.496 e. The Balaban J connectivity index is 2.83. The van der Waals surface area contributed by atoms with Crippen LogP contribution in [0.15, 0.2) is 24.3 Å². The van der Waals surface area contributed by atoms with Crippen molar-refractivity contribution in [3.8, 4) is 11.8 Å². The Morgan fingerprint density at radius 2 is 2.13 bits per heavy atom. The van der Waals surface area contributed by atoms with Gasteiger partial charge in [0.2, 0.25) is 0 Å². The maximum Gasteiger partial charge on any atom is 0.149 e. The zero-order chi connectivity index (χ0) is 10.8. The number of fused-ring (bicyclic) bond motifs is 1. The van der Waals surface area contributed by atoms with Gasteiger partial charge in [-0.1, -0.05) is 0 Å². The van der Waals surface area contributed by atoms with E-state index in [1.165, 1.54) is 25.3 Å². The predicted molar refractivity (Wildman–Crippen MR) is 53.0 cm³/mol. The van der Waals surface area contributed by atoms with Crippen LogP contribution in [0.4, 0.5) is 4.39 Å². The van der Waals surface area contributed by atoms with Crippen LogP contribution < -0.4 is 4.74 Å². The van der Waals surface area contributed by atoms with E-state index in [1.54, 1.807) is 6.07 Å². The van der Waals surface area contributed by atoms with Crippen LogP contribution in [-0.4, -0.2) is 12.1 Å². The average Bonchev–Trinajstić information content (AvgIpc) is 2.29. The van der Waals surface area contributed by atoms with Gasteiger partial charge >= 0.3 is 0 Å². The van der Waals surface area contributed by atoms with Gasteiger partial charge in [-0.3, -0.25) is 0 Å². The number of nitriles is 1. The zero-order valence-electron chi connectivity index (χ0n) is 7.99. The Labute approximate surface area is 85.7 Å². The molecule has 74 valence electrons. The monoisotopic (exact) mass is 202 g/mol. The third-order valence-electron chi connectivity index (χ3n) is 2.10. The minimum atomic E-state index is -0.456. The van der Waals surface area contributed by atoms with Gasteiger partial charge < -0.3 is 4.74 Å². The van der Waals surface area contributed by atoms with Crippen molar-refractivity contribution in [1.82, 2.24) is 4.98 Å². The molecule has 2 aromatic rings. The molecule has 0 aliphatic rings. The van der Waals surface area contributed by atoms with Crippen LogP contribution in [0.25, 0.3) is 10.9 Å². The lowest BCUT2D eigenvalue weighted by Gasteiger charge is -2.05. The molecule has 0 N–H and O–H groups in total. The Hall–Kier alpha value is -2.15. The molecule has 3 nitrogen and oxygen atoms in total. The lowest BCUT2D eigenvalue weighted by molar-refractivity contribution is 0.419. The minimum absolute atomic E-state index is 0.161. The highest BCUT2D eigenvalue weighted by Crippen LogP contribution is 2.26. The molecule has 15 heavy (non-hydrogen) atoms. The first-order valence-corrected chi connectivity index (χ1v) is 4.29. The number of rotatable bonds is 1. The first-order valence-electron chi connectivity index (χ1n) is 4.29. The van der Waals surface area contributed by atoms with Crippen molar-refractivity contribution in [1.29, 1.82) is 5.26 Å². The molecule has 4 heteroatoms. The van der Waals surface area contributed by atoms with Gasteiger partial charge in [0.15, 0.2) is 0 Å². The minimum Gasteiger partial charge on any atom is -0.496 e. The number of aromatic nitrogens is 1. The second-order valence-electron chi connectivity index (χ2n) is 2.95. The number of nitrogens with zero attached hydrogens (tertiary/aromatic N) is 2. The summed E-state index contributed by atoms with van der Waals surface area (Å²) in [6.45, 7) is 0. The molecular formula is C11H7FN2O. The van der Waals surface area contributed by atoms with E-state index >= 15 is 0 Å². The summed E-state index contributed by atoms with van der Waals surface area (Å²) in [6, 6.07) is 7.83. The van der Waals surface area contributed by atoms with E-state index in [2.05, 4.69) is 4.98 Å². The first kappa shape index (κ1) is 9.41. The highest BCUT2D eigenvalue weighted by atomic mass is 19.1. The third kappa shape index (κ3) is 1.48. The molecule has 0 fully saturated rings. The highest BCUT2D eigenvalue weighted by molar-refractivity contribution is 5.86. The molecule has 0 atom stereocenters. The molecule has 0 bridgehead atoms. The molecule has 0 aliphatic carbocycles. The van der Waals surface area contributed by atoms with Gasteiger partial charge in [-0.2, -0.15) is 5.26 Å². The number of hydrogen-bond donors (Lipinski definition) is 0. The molecule has 1 aromatic heterocycles. The number of halogens is 1. The molecule has 0 unspecified atom stereocenters.